The highest BCUT2D eigenvalue weighted by molar-refractivity contribution is 6.03. The first-order valence-electron chi connectivity index (χ1n) is 8.44. The van der Waals surface area contributed by atoms with Gasteiger partial charge in [-0.15, -0.1) is 0 Å². The number of amides is 1. The number of carbonyl (C=O) groups is 1. The molecule has 2 aromatic heterocycles. The average molecular weight is 382 g/mol. The number of H-pyrrole nitrogens is 1. The number of halogens is 1. The highest BCUT2D eigenvalue weighted by Crippen LogP contribution is 2.24. The fraction of sp³-hybridized carbons (Fsp3) is 0.211. The number of hydrogen-bond donors (Lipinski definition) is 3. The van der Waals surface area contributed by atoms with Crippen molar-refractivity contribution in [3.05, 3.63) is 64.2 Å². The summed E-state index contributed by atoms with van der Waals surface area (Å²) in [7, 11) is 0. The molecule has 1 amide bonds. The predicted molar refractivity (Wildman–Crippen MR) is 103 cm³/mol. The summed E-state index contributed by atoms with van der Waals surface area (Å²) in [5.41, 5.74) is 6.38. The van der Waals surface area contributed by atoms with Crippen LogP contribution in [-0.4, -0.2) is 26.1 Å². The van der Waals surface area contributed by atoms with Crippen LogP contribution >= 0.6 is 0 Å². The Bertz CT molecular complexity index is 1090. The summed E-state index contributed by atoms with van der Waals surface area (Å²) in [5.74, 6) is -1.23. The van der Waals surface area contributed by atoms with Gasteiger partial charge in [-0.1, -0.05) is 20.8 Å². The molecule has 1 aromatic carbocycles. The van der Waals surface area contributed by atoms with E-state index < -0.39 is 17.3 Å². The monoisotopic (exact) mass is 382 g/mol. The van der Waals surface area contributed by atoms with E-state index >= 15 is 0 Å². The lowest BCUT2D eigenvalue weighted by molar-refractivity contribution is 0.102. The molecule has 0 aliphatic heterocycles. The van der Waals surface area contributed by atoms with Crippen molar-refractivity contribution in [1.82, 2.24) is 20.2 Å². The van der Waals surface area contributed by atoms with Gasteiger partial charge in [0, 0.05) is 17.2 Å². The molecule has 0 unspecified atom stereocenters. The van der Waals surface area contributed by atoms with Gasteiger partial charge in [0.15, 0.2) is 0 Å². The fourth-order valence-corrected chi connectivity index (χ4v) is 2.37. The van der Waals surface area contributed by atoms with E-state index in [1.54, 1.807) is 0 Å². The molecule has 0 bridgehead atoms. The smallest absolute Gasteiger partial charge is 0.287 e. The summed E-state index contributed by atoms with van der Waals surface area (Å²) >= 11 is 0. The first-order chi connectivity index (χ1) is 13.1. The molecule has 28 heavy (non-hydrogen) atoms. The van der Waals surface area contributed by atoms with Gasteiger partial charge >= 0.3 is 0 Å². The number of nitrogens with one attached hydrogen (secondary N) is 2. The summed E-state index contributed by atoms with van der Waals surface area (Å²) in [6.07, 6.45) is 2.87. The van der Waals surface area contributed by atoms with Crippen LogP contribution in [0.25, 0.3) is 11.3 Å². The minimum Gasteiger partial charge on any atom is -0.394 e. The number of nitrogens with zero attached hydrogens (tertiary/aromatic N) is 3. The second-order valence-electron chi connectivity index (χ2n) is 7.22. The van der Waals surface area contributed by atoms with Gasteiger partial charge in [-0.25, -0.2) is 14.5 Å². The van der Waals surface area contributed by atoms with Crippen LogP contribution in [0.1, 0.15) is 37.0 Å². The van der Waals surface area contributed by atoms with Gasteiger partial charge < -0.3 is 11.1 Å². The summed E-state index contributed by atoms with van der Waals surface area (Å²) in [6, 6.07) is 5.41. The molecule has 0 saturated heterocycles. The third-order valence-electron chi connectivity index (χ3n) is 4.00. The van der Waals surface area contributed by atoms with Gasteiger partial charge in [0.2, 0.25) is 0 Å². The van der Waals surface area contributed by atoms with Crippen molar-refractivity contribution in [3.8, 4) is 11.3 Å². The van der Waals surface area contributed by atoms with Crippen molar-refractivity contribution in [2.45, 2.75) is 26.2 Å². The summed E-state index contributed by atoms with van der Waals surface area (Å²) in [5, 5.41) is 8.60. The van der Waals surface area contributed by atoms with E-state index in [0.717, 1.165) is 5.69 Å². The normalized spacial score (nSPS) is 11.3. The summed E-state index contributed by atoms with van der Waals surface area (Å²) in [4.78, 5) is 32.1. The Morgan fingerprint density at radius 1 is 1.18 bits per heavy atom. The topological polar surface area (TPSA) is 127 Å². The van der Waals surface area contributed by atoms with Gasteiger partial charge in [-0.3, -0.25) is 14.6 Å². The Kier molecular flexibility index (Phi) is 4.91. The molecule has 9 heteroatoms. The van der Waals surface area contributed by atoms with Crippen molar-refractivity contribution in [2.75, 3.05) is 11.1 Å². The van der Waals surface area contributed by atoms with Crippen LogP contribution in [0.4, 0.5) is 15.8 Å². The second kappa shape index (κ2) is 7.18. The van der Waals surface area contributed by atoms with Crippen molar-refractivity contribution in [1.29, 1.82) is 0 Å². The summed E-state index contributed by atoms with van der Waals surface area (Å²) < 4.78 is 14.2. The first-order valence-corrected chi connectivity index (χ1v) is 8.44. The Balaban J connectivity index is 1.86. The van der Waals surface area contributed by atoms with Crippen LogP contribution in [0.3, 0.4) is 0 Å². The minimum atomic E-state index is -0.631. The molecule has 0 aliphatic rings. The van der Waals surface area contributed by atoms with E-state index in [4.69, 9.17) is 5.73 Å². The molecule has 3 rings (SSSR count). The zero-order chi connectivity index (χ0) is 20.5. The van der Waals surface area contributed by atoms with Gasteiger partial charge in [-0.05, 0) is 24.3 Å². The van der Waals surface area contributed by atoms with Crippen molar-refractivity contribution < 1.29 is 9.18 Å². The van der Waals surface area contributed by atoms with Crippen molar-refractivity contribution >= 4 is 17.3 Å². The van der Waals surface area contributed by atoms with E-state index in [9.17, 15) is 14.0 Å². The average Bonchev–Trinajstić information content (AvgIpc) is 2.65. The maximum atomic E-state index is 14.2. The number of benzene rings is 1. The van der Waals surface area contributed by atoms with E-state index in [1.807, 2.05) is 20.8 Å². The Morgan fingerprint density at radius 2 is 1.93 bits per heavy atom. The third-order valence-corrected chi connectivity index (χ3v) is 4.00. The van der Waals surface area contributed by atoms with E-state index in [1.165, 1.54) is 36.7 Å². The Morgan fingerprint density at radius 3 is 2.54 bits per heavy atom. The lowest BCUT2D eigenvalue weighted by atomic mass is 9.93. The molecule has 0 spiro atoms. The number of nitrogen functional groups attached to an aromatic ring is 1. The molecule has 2 heterocycles. The SMILES string of the molecule is CC(C)(C)c1cnc(C(=O)Nc2cc(-c3cc(N)c(=O)[nH]n3)ccc2F)cn1. The number of aromatic amines is 1. The molecule has 0 aliphatic carbocycles. The molecule has 0 saturated carbocycles. The zero-order valence-electron chi connectivity index (χ0n) is 15.6. The third kappa shape index (κ3) is 4.03. The van der Waals surface area contributed by atoms with Crippen LogP contribution in [0.2, 0.25) is 0 Å². The lowest BCUT2D eigenvalue weighted by Gasteiger charge is -2.16. The molecule has 4 N–H and O–H groups in total. The van der Waals surface area contributed by atoms with Crippen molar-refractivity contribution in [3.63, 3.8) is 0 Å². The van der Waals surface area contributed by atoms with Crippen LogP contribution < -0.4 is 16.6 Å². The Hall–Kier alpha value is -3.62. The summed E-state index contributed by atoms with van der Waals surface area (Å²) in [6.45, 7) is 5.94. The maximum Gasteiger partial charge on any atom is 0.287 e. The molecule has 144 valence electrons. The molecule has 0 atom stereocenters. The van der Waals surface area contributed by atoms with Gasteiger partial charge in [0.05, 0.1) is 23.3 Å². The molecule has 8 nitrogen and oxygen atoms in total. The largest absolute Gasteiger partial charge is 0.394 e. The van der Waals surface area contributed by atoms with E-state index in [-0.39, 0.29) is 22.5 Å². The zero-order valence-corrected chi connectivity index (χ0v) is 15.6. The van der Waals surface area contributed by atoms with Gasteiger partial charge in [-0.2, -0.15) is 5.10 Å². The number of anilines is 2. The molecule has 3 aromatic rings. The predicted octanol–water partition coefficient (Wildman–Crippen LogP) is 2.50. The molecular weight excluding hydrogens is 363 g/mol. The van der Waals surface area contributed by atoms with Gasteiger partial charge in [0.25, 0.3) is 11.5 Å². The maximum absolute atomic E-state index is 14.2. The van der Waals surface area contributed by atoms with E-state index in [0.29, 0.717) is 11.3 Å². The van der Waals surface area contributed by atoms with E-state index in [2.05, 4.69) is 25.5 Å². The van der Waals surface area contributed by atoms with Crippen LogP contribution in [0, 0.1) is 5.82 Å². The number of hydrogen-bond acceptors (Lipinski definition) is 6. The fourth-order valence-electron chi connectivity index (χ4n) is 2.37. The number of rotatable bonds is 3. The standard InChI is InChI=1S/C19H19FN6O2/c1-19(2,3)16-9-22-15(8-23-16)18(28)24-14-6-10(4-5-11(14)20)13-7-12(21)17(27)26-25-13/h4-9H,1-3H3,(H2,21,25)(H,24,28)(H,26,27). The lowest BCUT2D eigenvalue weighted by Crippen LogP contribution is -2.18. The Labute approximate surface area is 160 Å². The quantitative estimate of drug-likeness (QED) is 0.639. The number of aromatic nitrogens is 4. The second-order valence-corrected chi connectivity index (χ2v) is 7.22. The van der Waals surface area contributed by atoms with Crippen molar-refractivity contribution in [2.24, 2.45) is 0 Å². The van der Waals surface area contributed by atoms with Crippen LogP contribution in [-0.2, 0) is 5.41 Å². The highest BCUT2D eigenvalue weighted by atomic mass is 19.1. The minimum absolute atomic E-state index is 0.0193. The molecule has 0 radical (unpaired) electrons. The molecule has 0 fully saturated rings. The number of carbonyl (C=O) groups excluding carboxylic acids is 1. The van der Waals surface area contributed by atoms with Gasteiger partial charge in [0.1, 0.15) is 17.2 Å². The van der Waals surface area contributed by atoms with Crippen LogP contribution in [0.5, 0.6) is 0 Å². The highest BCUT2D eigenvalue weighted by Gasteiger charge is 2.18. The molecular formula is C19H19FN6O2. The number of nitrogens with two attached hydrogens (primary N) is 1. The van der Waals surface area contributed by atoms with Crippen LogP contribution in [0.15, 0.2) is 41.5 Å². The first kappa shape index (κ1) is 19.2.